The van der Waals surface area contributed by atoms with Crippen LogP contribution in [-0.2, 0) is 11.2 Å². The molecule has 1 aliphatic rings. The summed E-state index contributed by atoms with van der Waals surface area (Å²) in [6, 6.07) is 5.60. The van der Waals surface area contributed by atoms with Gasteiger partial charge in [-0.15, -0.1) is 11.8 Å². The molecule has 2 rings (SSSR count). The number of carboxylic acid groups (broad SMARTS) is 1. The van der Waals surface area contributed by atoms with Crippen LogP contribution in [0.4, 0.5) is 0 Å². The number of ketones is 1. The molecule has 0 bridgehead atoms. The topological polar surface area (TPSA) is 54.4 Å². The van der Waals surface area contributed by atoms with Gasteiger partial charge in [-0.05, 0) is 24.1 Å². The van der Waals surface area contributed by atoms with Crippen molar-refractivity contribution in [2.45, 2.75) is 17.7 Å². The van der Waals surface area contributed by atoms with Crippen LogP contribution in [0.25, 0.3) is 0 Å². The van der Waals surface area contributed by atoms with Crippen LogP contribution in [0.2, 0.25) is 0 Å². The van der Waals surface area contributed by atoms with Crippen molar-refractivity contribution in [1.82, 2.24) is 0 Å². The van der Waals surface area contributed by atoms with Gasteiger partial charge in [0.2, 0.25) is 0 Å². The fourth-order valence-electron chi connectivity index (χ4n) is 1.65. The summed E-state index contributed by atoms with van der Waals surface area (Å²) in [4.78, 5) is 22.7. The third kappa shape index (κ3) is 2.21. The van der Waals surface area contributed by atoms with Gasteiger partial charge >= 0.3 is 5.97 Å². The first-order valence-electron chi connectivity index (χ1n) is 4.67. The van der Waals surface area contributed by atoms with Crippen molar-refractivity contribution in [3.63, 3.8) is 0 Å². The van der Waals surface area contributed by atoms with Crippen LogP contribution in [0.1, 0.15) is 22.3 Å². The summed E-state index contributed by atoms with van der Waals surface area (Å²) in [6.45, 7) is 0. The molecule has 1 aromatic carbocycles. The molecule has 0 radical (unpaired) electrons. The second-order valence-corrected chi connectivity index (χ2v) is 4.47. The van der Waals surface area contributed by atoms with E-state index in [1.165, 1.54) is 11.8 Å². The van der Waals surface area contributed by atoms with E-state index in [2.05, 4.69) is 0 Å². The standard InChI is InChI=1S/C11H10O3S/c12-10-4-2-7-1-3-8(5-9(7)10)15-6-11(13)14/h1,3,5H,2,4,6H2,(H,13,14). The SMILES string of the molecule is O=C(O)CSc1ccc2c(c1)C(=O)CC2. The van der Waals surface area contributed by atoms with Gasteiger partial charge in [-0.1, -0.05) is 6.07 Å². The molecule has 78 valence electrons. The zero-order valence-electron chi connectivity index (χ0n) is 8.03. The maximum atomic E-state index is 11.4. The van der Waals surface area contributed by atoms with E-state index in [-0.39, 0.29) is 11.5 Å². The minimum absolute atomic E-state index is 0.0347. The Morgan fingerprint density at radius 1 is 1.40 bits per heavy atom. The molecule has 0 amide bonds. The summed E-state index contributed by atoms with van der Waals surface area (Å²) in [5.74, 6) is -0.637. The first kappa shape index (κ1) is 10.2. The second kappa shape index (κ2) is 4.06. The van der Waals surface area contributed by atoms with Gasteiger partial charge in [-0.25, -0.2) is 0 Å². The highest BCUT2D eigenvalue weighted by Crippen LogP contribution is 2.27. The van der Waals surface area contributed by atoms with Gasteiger partial charge in [-0.3, -0.25) is 9.59 Å². The van der Waals surface area contributed by atoms with Crippen molar-refractivity contribution in [2.75, 3.05) is 5.75 Å². The summed E-state index contributed by atoms with van der Waals surface area (Å²) in [6.07, 6.45) is 1.40. The highest BCUT2D eigenvalue weighted by atomic mass is 32.2. The van der Waals surface area contributed by atoms with Gasteiger partial charge in [0, 0.05) is 16.9 Å². The van der Waals surface area contributed by atoms with E-state index < -0.39 is 5.97 Å². The summed E-state index contributed by atoms with van der Waals surface area (Å²) in [7, 11) is 0. The zero-order chi connectivity index (χ0) is 10.8. The second-order valence-electron chi connectivity index (χ2n) is 3.42. The Balaban J connectivity index is 2.18. The number of aliphatic carboxylic acids is 1. The van der Waals surface area contributed by atoms with Crippen molar-refractivity contribution in [3.8, 4) is 0 Å². The number of benzene rings is 1. The molecule has 3 nitrogen and oxygen atoms in total. The molecule has 0 atom stereocenters. The first-order chi connectivity index (χ1) is 7.16. The lowest BCUT2D eigenvalue weighted by Crippen LogP contribution is -1.98. The number of carbonyl (C=O) groups is 2. The van der Waals surface area contributed by atoms with E-state index in [9.17, 15) is 9.59 Å². The van der Waals surface area contributed by atoms with Crippen molar-refractivity contribution < 1.29 is 14.7 Å². The molecule has 0 fully saturated rings. The number of carbonyl (C=O) groups excluding carboxylic acids is 1. The third-order valence-corrected chi connectivity index (χ3v) is 3.34. The van der Waals surface area contributed by atoms with E-state index >= 15 is 0 Å². The smallest absolute Gasteiger partial charge is 0.313 e. The number of carboxylic acids is 1. The minimum atomic E-state index is -0.841. The Morgan fingerprint density at radius 3 is 2.93 bits per heavy atom. The van der Waals surface area contributed by atoms with Crippen molar-refractivity contribution in [1.29, 1.82) is 0 Å². The molecule has 1 aromatic rings. The molecule has 0 spiro atoms. The molecule has 0 saturated heterocycles. The molecule has 4 heteroatoms. The third-order valence-electron chi connectivity index (χ3n) is 2.37. The van der Waals surface area contributed by atoms with Crippen LogP contribution >= 0.6 is 11.8 Å². The Hall–Kier alpha value is -1.29. The van der Waals surface area contributed by atoms with Crippen LogP contribution in [0.15, 0.2) is 23.1 Å². The van der Waals surface area contributed by atoms with Crippen LogP contribution in [0.3, 0.4) is 0 Å². The van der Waals surface area contributed by atoms with Gasteiger partial charge in [0.1, 0.15) is 0 Å². The average molecular weight is 222 g/mol. The lowest BCUT2D eigenvalue weighted by molar-refractivity contribution is -0.133. The zero-order valence-corrected chi connectivity index (χ0v) is 8.84. The first-order valence-corrected chi connectivity index (χ1v) is 5.66. The molecule has 0 heterocycles. The van der Waals surface area contributed by atoms with E-state index in [0.29, 0.717) is 6.42 Å². The summed E-state index contributed by atoms with van der Waals surface area (Å²) < 4.78 is 0. The van der Waals surface area contributed by atoms with Crippen molar-refractivity contribution >= 4 is 23.5 Å². The monoisotopic (exact) mass is 222 g/mol. The Labute approximate surface area is 91.5 Å². The fraction of sp³-hybridized carbons (Fsp3) is 0.273. The van der Waals surface area contributed by atoms with Gasteiger partial charge < -0.3 is 5.11 Å². The van der Waals surface area contributed by atoms with Gasteiger partial charge in [0.15, 0.2) is 5.78 Å². The summed E-state index contributed by atoms with van der Waals surface area (Å²) >= 11 is 1.24. The predicted molar refractivity (Wildman–Crippen MR) is 57.5 cm³/mol. The number of hydrogen-bond acceptors (Lipinski definition) is 3. The number of rotatable bonds is 3. The van der Waals surface area contributed by atoms with Crippen LogP contribution < -0.4 is 0 Å². The molecule has 0 aliphatic heterocycles. The lowest BCUT2D eigenvalue weighted by atomic mass is 10.1. The highest BCUT2D eigenvalue weighted by Gasteiger charge is 2.19. The maximum absolute atomic E-state index is 11.4. The number of fused-ring (bicyclic) bond motifs is 1. The minimum Gasteiger partial charge on any atom is -0.481 e. The maximum Gasteiger partial charge on any atom is 0.313 e. The normalized spacial score (nSPS) is 14.0. The molecule has 1 aliphatic carbocycles. The van der Waals surface area contributed by atoms with E-state index in [4.69, 9.17) is 5.11 Å². The number of hydrogen-bond donors (Lipinski definition) is 1. The molecular formula is C11H10O3S. The van der Waals surface area contributed by atoms with E-state index in [0.717, 1.165) is 22.4 Å². The van der Waals surface area contributed by atoms with Gasteiger partial charge in [0.05, 0.1) is 5.75 Å². The number of thioether (sulfide) groups is 1. The Bertz CT molecular complexity index is 426. The Morgan fingerprint density at radius 2 is 2.20 bits per heavy atom. The Kier molecular flexibility index (Phi) is 2.77. The number of aryl methyl sites for hydroxylation is 1. The van der Waals surface area contributed by atoms with Gasteiger partial charge in [0.25, 0.3) is 0 Å². The van der Waals surface area contributed by atoms with Crippen LogP contribution in [0.5, 0.6) is 0 Å². The molecule has 0 aromatic heterocycles. The van der Waals surface area contributed by atoms with Crippen molar-refractivity contribution in [2.24, 2.45) is 0 Å². The average Bonchev–Trinajstić information content (AvgIpc) is 2.57. The summed E-state index contributed by atoms with van der Waals surface area (Å²) in [5, 5.41) is 8.53. The molecule has 15 heavy (non-hydrogen) atoms. The molecule has 0 saturated carbocycles. The lowest BCUT2D eigenvalue weighted by Gasteiger charge is -2.01. The molecular weight excluding hydrogens is 212 g/mol. The molecule has 0 unspecified atom stereocenters. The quantitative estimate of drug-likeness (QED) is 0.795. The number of Topliss-reactive ketones (excluding diaryl/α,β-unsaturated/α-hetero) is 1. The predicted octanol–water partition coefficient (Wildman–Crippen LogP) is 1.99. The van der Waals surface area contributed by atoms with E-state index in [1.54, 1.807) is 6.07 Å². The largest absolute Gasteiger partial charge is 0.481 e. The van der Waals surface area contributed by atoms with Crippen molar-refractivity contribution in [3.05, 3.63) is 29.3 Å². The highest BCUT2D eigenvalue weighted by molar-refractivity contribution is 8.00. The van der Waals surface area contributed by atoms with E-state index in [1.807, 2.05) is 12.1 Å². The fourth-order valence-corrected chi connectivity index (χ4v) is 2.31. The summed E-state index contributed by atoms with van der Waals surface area (Å²) in [5.41, 5.74) is 1.85. The molecule has 1 N–H and O–H groups in total. The van der Waals surface area contributed by atoms with Crippen LogP contribution in [0, 0.1) is 0 Å². The van der Waals surface area contributed by atoms with Crippen LogP contribution in [-0.4, -0.2) is 22.6 Å². The van der Waals surface area contributed by atoms with Gasteiger partial charge in [-0.2, -0.15) is 0 Å².